The number of aliphatic hydroxyl groups is 2. The number of hydrogen-bond donors (Lipinski definition) is 7. The zero-order valence-electron chi connectivity index (χ0n) is 53.7. The van der Waals surface area contributed by atoms with Crippen LogP contribution in [0.15, 0.2) is 93.6 Å². The number of ketones is 2. The molecule has 9 aromatic rings. The van der Waals surface area contributed by atoms with E-state index in [1.165, 1.54) is 44.3 Å². The van der Waals surface area contributed by atoms with Crippen molar-refractivity contribution in [2.75, 3.05) is 26.9 Å². The SMILES string of the molecule is COCCCCC(=O)COc1ccc(C[C@@H]2NC(=O)c3csc(n3)[C@H]([C@H](O)c3ccccc3)CC(=O)c3nc(sc3C)[C@H](CC(N)=O)NC(=O)c3csc(n3)-c3ccc(-c4nc(C(=O)NC5CCC(C(=O)O)CC5)cs4)nc3-c3csc(n3)-c3csc(n3)[C@@H]3[C@@H](C)[C@@H](O)CN3C2=O)cc1. The number of carboxylic acids is 1. The van der Waals surface area contributed by atoms with Gasteiger partial charge in [-0.15, -0.1) is 68.0 Å². The molecule has 2 aliphatic heterocycles. The molecule has 2 aromatic carbocycles. The molecule has 31 heteroatoms. The quantitative estimate of drug-likeness (QED) is 0.0393. The van der Waals surface area contributed by atoms with E-state index in [2.05, 4.69) is 20.9 Å². The number of unbranched alkanes of at least 4 members (excludes halogenated alkanes) is 1. The van der Waals surface area contributed by atoms with E-state index in [1.807, 2.05) is 6.92 Å². The number of benzene rings is 2. The van der Waals surface area contributed by atoms with Crippen molar-refractivity contribution >= 4 is 115 Å². The molecular formula is C68H68N12O13S6. The van der Waals surface area contributed by atoms with Crippen LogP contribution in [-0.4, -0.2) is 147 Å². The molecule has 8 N–H and O–H groups in total. The monoisotopic (exact) mass is 1450 g/mol. The first kappa shape index (κ1) is 70.1. The molecule has 5 amide bonds. The van der Waals surface area contributed by atoms with E-state index in [-0.39, 0.29) is 70.6 Å². The largest absolute Gasteiger partial charge is 0.486 e. The Morgan fingerprint density at radius 3 is 2.13 bits per heavy atom. The number of nitrogens with zero attached hydrogens (tertiary/aromatic N) is 8. The van der Waals surface area contributed by atoms with E-state index in [0.717, 1.165) is 40.4 Å². The van der Waals surface area contributed by atoms with Crippen LogP contribution in [0.5, 0.6) is 5.75 Å². The Morgan fingerprint density at radius 1 is 0.717 bits per heavy atom. The van der Waals surface area contributed by atoms with E-state index in [4.69, 9.17) is 45.1 Å². The van der Waals surface area contributed by atoms with Crippen molar-refractivity contribution in [2.45, 2.75) is 120 Å². The van der Waals surface area contributed by atoms with E-state index < -0.39 is 95.8 Å². The average Bonchev–Trinajstić information content (AvgIpc) is 1.62. The number of fused-ring (bicyclic) bond motifs is 16. The third-order valence-electron chi connectivity index (χ3n) is 17.6. The van der Waals surface area contributed by atoms with Gasteiger partial charge in [0.25, 0.3) is 17.7 Å². The fourth-order valence-corrected chi connectivity index (χ4v) is 17.6. The number of nitrogens with two attached hydrogens (primary N) is 1. The number of aliphatic carboxylic acids is 1. The Bertz CT molecular complexity index is 4460. The van der Waals surface area contributed by atoms with Crippen LogP contribution < -0.4 is 26.4 Å². The molecule has 0 radical (unpaired) electrons. The van der Waals surface area contributed by atoms with Crippen molar-refractivity contribution in [1.29, 1.82) is 0 Å². The summed E-state index contributed by atoms with van der Waals surface area (Å²) < 4.78 is 10.9. The third kappa shape index (κ3) is 16.3. The lowest BCUT2D eigenvalue weighted by molar-refractivity contribution is -0.143. The van der Waals surface area contributed by atoms with Crippen LogP contribution in [0.1, 0.15) is 162 Å². The van der Waals surface area contributed by atoms with Crippen LogP contribution in [0.4, 0.5) is 0 Å². The Balaban J connectivity index is 0.910. The highest BCUT2D eigenvalue weighted by Gasteiger charge is 2.46. The van der Waals surface area contributed by atoms with Crippen LogP contribution >= 0.6 is 68.0 Å². The topological polar surface area (TPSA) is 371 Å². The molecule has 1 saturated heterocycles. The van der Waals surface area contributed by atoms with Gasteiger partial charge < -0.3 is 51.4 Å². The lowest BCUT2D eigenvalue weighted by Crippen LogP contribution is -2.50. The third-order valence-corrected chi connectivity index (χ3v) is 23.2. The number of thiazole rings is 6. The number of methoxy groups -OCH3 is 1. The first-order valence-electron chi connectivity index (χ1n) is 31.9. The minimum atomic E-state index is -1.32. The van der Waals surface area contributed by atoms with E-state index in [9.17, 15) is 48.9 Å². The molecule has 9 heterocycles. The summed E-state index contributed by atoms with van der Waals surface area (Å²) in [6.45, 7) is 3.80. The molecule has 12 rings (SSSR count). The van der Waals surface area contributed by atoms with E-state index in [0.29, 0.717) is 115 Å². The molecule has 0 spiro atoms. The summed E-state index contributed by atoms with van der Waals surface area (Å²) in [5, 5.41) is 52.6. The summed E-state index contributed by atoms with van der Waals surface area (Å²) >= 11 is 7.00. The van der Waals surface area contributed by atoms with Crippen LogP contribution in [0, 0.1) is 18.8 Å². The second-order valence-corrected chi connectivity index (χ2v) is 30.1. The highest BCUT2D eigenvalue weighted by atomic mass is 32.1. The highest BCUT2D eigenvalue weighted by Crippen LogP contribution is 2.44. The van der Waals surface area contributed by atoms with Gasteiger partial charge in [0, 0.05) is 94.7 Å². The Kier molecular flexibility index (Phi) is 22.1. The summed E-state index contributed by atoms with van der Waals surface area (Å²) in [7, 11) is 1.61. The average molecular weight is 1450 g/mol. The fourth-order valence-electron chi connectivity index (χ4n) is 12.2. The van der Waals surface area contributed by atoms with Crippen LogP contribution in [0.25, 0.3) is 43.4 Å². The molecule has 1 aliphatic carbocycles. The maximum Gasteiger partial charge on any atom is 0.306 e. The summed E-state index contributed by atoms with van der Waals surface area (Å²) in [5.74, 6) is -6.17. The molecule has 2 fully saturated rings. The lowest BCUT2D eigenvalue weighted by Gasteiger charge is -2.29. The van der Waals surface area contributed by atoms with Crippen molar-refractivity contribution < 1.29 is 63.1 Å². The Morgan fingerprint density at radius 2 is 1.38 bits per heavy atom. The molecule has 1 saturated carbocycles. The van der Waals surface area contributed by atoms with Crippen LogP contribution in [0.2, 0.25) is 0 Å². The maximum absolute atomic E-state index is 15.5. The van der Waals surface area contributed by atoms with Crippen molar-refractivity contribution in [3.8, 4) is 49.1 Å². The predicted octanol–water partition coefficient (Wildman–Crippen LogP) is 9.61. The number of primary amides is 1. The maximum atomic E-state index is 15.5. The van der Waals surface area contributed by atoms with Crippen LogP contribution in [0.3, 0.4) is 0 Å². The molecule has 0 unspecified atom stereocenters. The minimum absolute atomic E-state index is 0.0118. The van der Waals surface area contributed by atoms with Gasteiger partial charge in [-0.05, 0) is 80.8 Å². The fraction of sp³-hybridized carbons (Fsp3) is 0.368. The molecule has 3 aliphatic rings. The van der Waals surface area contributed by atoms with Gasteiger partial charge in [-0.2, -0.15) is 0 Å². The van der Waals surface area contributed by atoms with Gasteiger partial charge in [0.1, 0.15) is 83.3 Å². The van der Waals surface area contributed by atoms with Crippen molar-refractivity contribution in [1.82, 2.24) is 55.7 Å². The predicted molar refractivity (Wildman–Crippen MR) is 373 cm³/mol. The van der Waals surface area contributed by atoms with Gasteiger partial charge in [-0.3, -0.25) is 38.4 Å². The number of nitrogens with one attached hydrogen (secondary N) is 3. The first-order chi connectivity index (χ1) is 47.7. The number of Topliss-reactive ketones (excluding diaryl/α,β-unsaturated/α-hetero) is 2. The molecule has 7 aromatic heterocycles. The first-order valence-corrected chi connectivity index (χ1v) is 37.1. The number of rotatable bonds is 18. The van der Waals surface area contributed by atoms with Gasteiger partial charge in [0.15, 0.2) is 11.6 Å². The Hall–Kier alpha value is -8.79. The lowest BCUT2D eigenvalue weighted by atomic mass is 9.86. The summed E-state index contributed by atoms with van der Waals surface area (Å²) in [5.41, 5.74) is 8.96. The number of hydrogen-bond acceptors (Lipinski definition) is 25. The molecule has 99 heavy (non-hydrogen) atoms. The second kappa shape index (κ2) is 31.2. The van der Waals surface area contributed by atoms with Crippen LogP contribution in [-0.2, 0) is 30.3 Å². The minimum Gasteiger partial charge on any atom is -0.486 e. The summed E-state index contributed by atoms with van der Waals surface area (Å²) in [6, 6.07) is 15.6. The molecule has 25 nitrogen and oxygen atoms in total. The molecular weight excluding hydrogens is 1390 g/mol. The summed E-state index contributed by atoms with van der Waals surface area (Å²) in [4.78, 5) is 146. The van der Waals surface area contributed by atoms with Gasteiger partial charge in [-0.25, -0.2) is 34.9 Å². The number of carbonyl (C=O) groups excluding carboxylic acids is 7. The molecule has 7 atom stereocenters. The standard InChI is InChI=1S/C68H68N12O13S6/c1-33-52(83)26-80-56(33)66-78-50(32-98-66)64-74-46(28-96-64)55-41(20-21-43(71-55)63-77-47(31-97-63)58(86)70-38-16-14-37(15-17-38)68(90)91)61-75-48(29-94-61)59(87)72-44(25-53(69)84)65-79-54(34(2)99-65)51(82)24-42(57(85)36-9-5-4-6-10-36)62-76-49(30-95-62)60(88)73-45(67(80)89)23-35-12-18-40(19-13-35)93-27-39(81)11-7-8-22-92-3/h4-6,9-10,12-13,18-21,28-33,37-38,42,44-45,52,56-57,83,85H,7-8,11,14-17,22-27H2,1-3H3,(H2,69,84)(H,70,86)(H,72,87)(H,73,88)(H,90,91)/t33-,37?,38?,42-,44-,45-,52-,56-,57+/m0/s1. The van der Waals surface area contributed by atoms with Crippen molar-refractivity contribution in [3.05, 3.63) is 147 Å². The smallest absolute Gasteiger partial charge is 0.306 e. The van der Waals surface area contributed by atoms with E-state index in [1.54, 1.807) is 102 Å². The number of carboxylic acid groups (broad SMARTS) is 1. The van der Waals surface area contributed by atoms with E-state index >= 15 is 4.79 Å². The highest BCUT2D eigenvalue weighted by molar-refractivity contribution is 7.15. The van der Waals surface area contributed by atoms with Gasteiger partial charge >= 0.3 is 5.97 Å². The van der Waals surface area contributed by atoms with Crippen molar-refractivity contribution in [2.24, 2.45) is 17.6 Å². The molecule has 10 bridgehead atoms. The number of amides is 5. The molecule has 514 valence electrons. The zero-order chi connectivity index (χ0) is 69.6. The number of carbonyl (C=O) groups is 8. The van der Waals surface area contributed by atoms with Crippen molar-refractivity contribution in [3.63, 3.8) is 0 Å². The number of aliphatic hydroxyl groups excluding tert-OH is 2. The normalized spacial score (nSPS) is 20.9. The van der Waals surface area contributed by atoms with Gasteiger partial charge in [0.2, 0.25) is 11.8 Å². The second-order valence-electron chi connectivity index (χ2n) is 24.5. The van der Waals surface area contributed by atoms with Gasteiger partial charge in [0.05, 0.1) is 47.3 Å². The zero-order valence-corrected chi connectivity index (χ0v) is 58.6. The number of aromatic nitrogens is 7. The number of ether oxygens (including phenoxy) is 2. The number of aryl methyl sites for hydroxylation is 1. The van der Waals surface area contributed by atoms with Gasteiger partial charge in [-0.1, -0.05) is 49.4 Å². The number of pyridine rings is 1. The summed E-state index contributed by atoms with van der Waals surface area (Å²) in [6.07, 6.45) is 0.552. The Labute approximate surface area is 591 Å².